The smallest absolute Gasteiger partial charge is 0.159 e. The molecule has 1 atom stereocenters. The van der Waals surface area contributed by atoms with E-state index in [1.165, 1.54) is 30.9 Å². The van der Waals surface area contributed by atoms with E-state index in [-0.39, 0.29) is 6.04 Å². The molecule has 0 spiro atoms. The third-order valence-electron chi connectivity index (χ3n) is 3.55. The molecule has 1 aromatic rings. The van der Waals surface area contributed by atoms with Gasteiger partial charge in [-0.05, 0) is 49.9 Å². The first-order valence-electron chi connectivity index (χ1n) is 6.77. The van der Waals surface area contributed by atoms with Crippen molar-refractivity contribution in [3.05, 3.63) is 47.0 Å². The summed E-state index contributed by atoms with van der Waals surface area (Å²) in [6.07, 6.45) is 6.90. The van der Waals surface area contributed by atoms with Gasteiger partial charge in [-0.2, -0.15) is 0 Å². The van der Waals surface area contributed by atoms with E-state index in [4.69, 9.17) is 5.73 Å². The molecule has 0 fully saturated rings. The Labute approximate surface area is 112 Å². The summed E-state index contributed by atoms with van der Waals surface area (Å²) >= 11 is 0. The maximum atomic E-state index is 13.2. The van der Waals surface area contributed by atoms with Gasteiger partial charge in [0.05, 0.1) is 0 Å². The van der Waals surface area contributed by atoms with E-state index in [1.54, 1.807) is 6.07 Å². The molecule has 0 aliphatic heterocycles. The third kappa shape index (κ3) is 3.85. The molecule has 0 heterocycles. The van der Waals surface area contributed by atoms with Gasteiger partial charge in [0, 0.05) is 12.6 Å². The number of nitrogens with two attached hydrogens (primary N) is 1. The summed E-state index contributed by atoms with van der Waals surface area (Å²) in [4.78, 5) is 0. The molecular weight excluding hydrogens is 246 g/mol. The van der Waals surface area contributed by atoms with E-state index in [0.29, 0.717) is 12.1 Å². The molecule has 2 rings (SSSR count). The van der Waals surface area contributed by atoms with Crippen molar-refractivity contribution in [2.75, 3.05) is 13.1 Å². The van der Waals surface area contributed by atoms with Crippen LogP contribution in [0.1, 0.15) is 37.3 Å². The number of nitrogens with one attached hydrogen (secondary N) is 1. The molecule has 1 unspecified atom stereocenters. The number of allylic oxidation sites excluding steroid dienone is 1. The molecule has 2 nitrogen and oxygen atoms in total. The normalized spacial score (nSPS) is 16.5. The molecule has 1 aromatic carbocycles. The van der Waals surface area contributed by atoms with Crippen LogP contribution in [0.5, 0.6) is 0 Å². The Kier molecular flexibility index (Phi) is 5.05. The number of benzene rings is 1. The van der Waals surface area contributed by atoms with Crippen LogP contribution in [-0.2, 0) is 0 Å². The van der Waals surface area contributed by atoms with Gasteiger partial charge < -0.3 is 11.1 Å². The van der Waals surface area contributed by atoms with Gasteiger partial charge in [-0.1, -0.05) is 17.7 Å². The van der Waals surface area contributed by atoms with E-state index in [2.05, 4.69) is 11.4 Å². The molecule has 104 valence electrons. The molecular formula is C15H20F2N2. The van der Waals surface area contributed by atoms with Crippen LogP contribution in [0.3, 0.4) is 0 Å². The zero-order valence-electron chi connectivity index (χ0n) is 11.0. The second-order valence-electron chi connectivity index (χ2n) is 4.92. The van der Waals surface area contributed by atoms with Crippen molar-refractivity contribution in [1.29, 1.82) is 0 Å². The lowest BCUT2D eigenvalue weighted by atomic mass is 10.1. The maximum absolute atomic E-state index is 13.2. The van der Waals surface area contributed by atoms with Crippen molar-refractivity contribution in [1.82, 2.24) is 5.32 Å². The average molecular weight is 266 g/mol. The summed E-state index contributed by atoms with van der Waals surface area (Å²) in [6.45, 7) is 1.18. The fraction of sp³-hybridized carbons (Fsp3) is 0.467. The van der Waals surface area contributed by atoms with Crippen molar-refractivity contribution < 1.29 is 8.78 Å². The molecule has 0 radical (unpaired) electrons. The van der Waals surface area contributed by atoms with Crippen LogP contribution in [0.4, 0.5) is 8.78 Å². The lowest BCUT2D eigenvalue weighted by Crippen LogP contribution is -2.29. The van der Waals surface area contributed by atoms with Gasteiger partial charge in [0.2, 0.25) is 0 Å². The van der Waals surface area contributed by atoms with Crippen LogP contribution < -0.4 is 11.1 Å². The first-order chi connectivity index (χ1) is 9.20. The first-order valence-corrected chi connectivity index (χ1v) is 6.77. The summed E-state index contributed by atoms with van der Waals surface area (Å²) < 4.78 is 26.1. The van der Waals surface area contributed by atoms with Gasteiger partial charge >= 0.3 is 0 Å². The Balaban J connectivity index is 1.89. The number of hydrogen-bond donors (Lipinski definition) is 2. The zero-order chi connectivity index (χ0) is 13.7. The number of halogens is 2. The van der Waals surface area contributed by atoms with Crippen LogP contribution in [0.2, 0.25) is 0 Å². The highest BCUT2D eigenvalue weighted by atomic mass is 19.2. The Morgan fingerprint density at radius 3 is 2.74 bits per heavy atom. The highest BCUT2D eigenvalue weighted by Crippen LogP contribution is 2.21. The molecule has 0 aromatic heterocycles. The maximum Gasteiger partial charge on any atom is 0.159 e. The van der Waals surface area contributed by atoms with Crippen LogP contribution in [0.25, 0.3) is 0 Å². The molecule has 1 aliphatic carbocycles. The molecule has 0 bridgehead atoms. The van der Waals surface area contributed by atoms with Gasteiger partial charge in [0.1, 0.15) is 0 Å². The van der Waals surface area contributed by atoms with E-state index < -0.39 is 11.6 Å². The molecule has 0 amide bonds. The van der Waals surface area contributed by atoms with Crippen molar-refractivity contribution in [2.24, 2.45) is 5.73 Å². The number of rotatable bonds is 6. The zero-order valence-corrected chi connectivity index (χ0v) is 11.0. The van der Waals surface area contributed by atoms with Crippen molar-refractivity contribution in [3.63, 3.8) is 0 Å². The summed E-state index contributed by atoms with van der Waals surface area (Å²) in [6, 6.07) is 3.82. The second kappa shape index (κ2) is 6.78. The first kappa shape index (κ1) is 14.2. The average Bonchev–Trinajstić information content (AvgIpc) is 2.91. The largest absolute Gasteiger partial charge is 0.329 e. The SMILES string of the molecule is NCC(NCCC1=CCCC1)c1ccc(F)c(F)c1. The lowest BCUT2D eigenvalue weighted by molar-refractivity contribution is 0.496. The van der Waals surface area contributed by atoms with Crippen LogP contribution in [0.15, 0.2) is 29.8 Å². The van der Waals surface area contributed by atoms with E-state index in [0.717, 1.165) is 19.0 Å². The van der Waals surface area contributed by atoms with Crippen molar-refractivity contribution >= 4 is 0 Å². The van der Waals surface area contributed by atoms with Gasteiger partial charge in [-0.25, -0.2) is 8.78 Å². The van der Waals surface area contributed by atoms with Crippen LogP contribution >= 0.6 is 0 Å². The van der Waals surface area contributed by atoms with Crippen LogP contribution in [-0.4, -0.2) is 13.1 Å². The van der Waals surface area contributed by atoms with E-state index in [9.17, 15) is 8.78 Å². The quantitative estimate of drug-likeness (QED) is 0.777. The highest BCUT2D eigenvalue weighted by molar-refractivity contribution is 5.21. The minimum atomic E-state index is -0.823. The fourth-order valence-corrected chi connectivity index (χ4v) is 2.44. The number of hydrogen-bond acceptors (Lipinski definition) is 2. The van der Waals surface area contributed by atoms with Gasteiger partial charge in [-0.3, -0.25) is 0 Å². The van der Waals surface area contributed by atoms with E-state index in [1.807, 2.05) is 0 Å². The standard InChI is InChI=1S/C15H20F2N2/c16-13-6-5-12(9-14(13)17)15(10-18)19-8-7-11-3-1-2-4-11/h3,5-6,9,15,19H,1-2,4,7-8,10,18H2. The Morgan fingerprint density at radius 2 is 2.11 bits per heavy atom. The molecule has 19 heavy (non-hydrogen) atoms. The van der Waals surface area contributed by atoms with E-state index >= 15 is 0 Å². The monoisotopic (exact) mass is 266 g/mol. The Bertz CT molecular complexity index is 457. The van der Waals surface area contributed by atoms with Crippen molar-refractivity contribution in [2.45, 2.75) is 31.7 Å². The third-order valence-corrected chi connectivity index (χ3v) is 3.55. The molecule has 1 aliphatic rings. The lowest BCUT2D eigenvalue weighted by Gasteiger charge is -2.17. The summed E-state index contributed by atoms with van der Waals surface area (Å²) in [5.74, 6) is -1.65. The fourth-order valence-electron chi connectivity index (χ4n) is 2.44. The predicted molar refractivity (Wildman–Crippen MR) is 72.7 cm³/mol. The minimum Gasteiger partial charge on any atom is -0.329 e. The Morgan fingerprint density at radius 1 is 1.26 bits per heavy atom. The summed E-state index contributed by atoms with van der Waals surface area (Å²) in [5.41, 5.74) is 7.87. The predicted octanol–water partition coefficient (Wildman–Crippen LogP) is 3.05. The van der Waals surface area contributed by atoms with Crippen LogP contribution in [0, 0.1) is 11.6 Å². The molecule has 4 heteroatoms. The van der Waals surface area contributed by atoms with Gasteiger partial charge in [-0.15, -0.1) is 0 Å². The topological polar surface area (TPSA) is 38.0 Å². The van der Waals surface area contributed by atoms with Gasteiger partial charge in [0.25, 0.3) is 0 Å². The summed E-state index contributed by atoms with van der Waals surface area (Å²) in [5, 5.41) is 3.30. The Hall–Kier alpha value is -1.26. The molecule has 0 saturated heterocycles. The molecule has 3 N–H and O–H groups in total. The molecule has 0 saturated carbocycles. The van der Waals surface area contributed by atoms with Gasteiger partial charge in [0.15, 0.2) is 11.6 Å². The summed E-state index contributed by atoms with van der Waals surface area (Å²) in [7, 11) is 0. The minimum absolute atomic E-state index is 0.128. The second-order valence-corrected chi connectivity index (χ2v) is 4.92. The highest BCUT2D eigenvalue weighted by Gasteiger charge is 2.12. The van der Waals surface area contributed by atoms with Crippen molar-refractivity contribution in [3.8, 4) is 0 Å².